The van der Waals surface area contributed by atoms with Crippen molar-refractivity contribution in [3.63, 3.8) is 0 Å². The molecule has 1 amide bonds. The van der Waals surface area contributed by atoms with Gasteiger partial charge >= 0.3 is 0 Å². The number of rotatable bonds is 2. The Morgan fingerprint density at radius 2 is 2.12 bits per heavy atom. The Balaban J connectivity index is 1.98. The van der Waals surface area contributed by atoms with E-state index in [4.69, 9.17) is 4.42 Å². The average molecular weight is 223 g/mol. The van der Waals surface area contributed by atoms with Crippen molar-refractivity contribution in [2.24, 2.45) is 0 Å². The summed E-state index contributed by atoms with van der Waals surface area (Å²) in [7, 11) is 0. The van der Waals surface area contributed by atoms with Crippen LogP contribution in [0.5, 0.6) is 0 Å². The maximum Gasteiger partial charge on any atom is 0.230 e. The lowest BCUT2D eigenvalue weighted by Gasteiger charge is -2.27. The zero-order valence-electron chi connectivity index (χ0n) is 9.75. The number of aromatic nitrogens is 1. The van der Waals surface area contributed by atoms with Gasteiger partial charge < -0.3 is 14.6 Å². The van der Waals surface area contributed by atoms with E-state index in [2.05, 4.69) is 10.3 Å². The van der Waals surface area contributed by atoms with E-state index >= 15 is 0 Å². The van der Waals surface area contributed by atoms with Gasteiger partial charge in [-0.05, 0) is 6.92 Å². The molecule has 1 aliphatic heterocycles. The molecule has 1 aromatic heterocycles. The van der Waals surface area contributed by atoms with Gasteiger partial charge in [0.2, 0.25) is 5.91 Å². The quantitative estimate of drug-likeness (QED) is 0.781. The molecule has 1 aliphatic rings. The molecule has 1 aromatic rings. The highest BCUT2D eigenvalue weighted by Gasteiger charge is 2.19. The van der Waals surface area contributed by atoms with Gasteiger partial charge in [0, 0.05) is 33.1 Å². The van der Waals surface area contributed by atoms with E-state index in [-0.39, 0.29) is 5.91 Å². The van der Waals surface area contributed by atoms with Crippen molar-refractivity contribution in [1.82, 2.24) is 15.2 Å². The van der Waals surface area contributed by atoms with E-state index in [1.165, 1.54) is 0 Å². The lowest BCUT2D eigenvalue weighted by Crippen LogP contribution is -2.46. The van der Waals surface area contributed by atoms with Crippen LogP contribution < -0.4 is 5.32 Å². The second-order valence-corrected chi connectivity index (χ2v) is 4.05. The Kier molecular flexibility index (Phi) is 3.24. The van der Waals surface area contributed by atoms with Crippen LogP contribution in [0, 0.1) is 13.8 Å². The minimum Gasteiger partial charge on any atom is -0.445 e. The second-order valence-electron chi connectivity index (χ2n) is 4.05. The largest absolute Gasteiger partial charge is 0.445 e. The summed E-state index contributed by atoms with van der Waals surface area (Å²) in [6.07, 6.45) is 0.326. The molecule has 0 atom stereocenters. The van der Waals surface area contributed by atoms with Gasteiger partial charge in [-0.25, -0.2) is 4.98 Å². The van der Waals surface area contributed by atoms with Crippen LogP contribution in [0.3, 0.4) is 0 Å². The van der Waals surface area contributed by atoms with Crippen molar-refractivity contribution in [3.8, 4) is 0 Å². The first-order chi connectivity index (χ1) is 7.66. The van der Waals surface area contributed by atoms with Gasteiger partial charge in [-0.3, -0.25) is 4.79 Å². The summed E-state index contributed by atoms with van der Waals surface area (Å²) < 4.78 is 5.40. The topological polar surface area (TPSA) is 58.4 Å². The Hall–Kier alpha value is -1.36. The summed E-state index contributed by atoms with van der Waals surface area (Å²) in [4.78, 5) is 18.0. The molecule has 2 heterocycles. The van der Waals surface area contributed by atoms with E-state index in [0.29, 0.717) is 18.1 Å². The minimum absolute atomic E-state index is 0.126. The summed E-state index contributed by atoms with van der Waals surface area (Å²) in [5, 5.41) is 3.22. The molecule has 1 fully saturated rings. The lowest BCUT2D eigenvalue weighted by molar-refractivity contribution is -0.131. The fourth-order valence-electron chi connectivity index (χ4n) is 1.90. The maximum absolute atomic E-state index is 11.9. The molecular weight excluding hydrogens is 206 g/mol. The summed E-state index contributed by atoms with van der Waals surface area (Å²) >= 11 is 0. The van der Waals surface area contributed by atoms with Crippen molar-refractivity contribution in [3.05, 3.63) is 17.3 Å². The molecule has 2 rings (SSSR count). The van der Waals surface area contributed by atoms with Gasteiger partial charge in [-0.2, -0.15) is 0 Å². The predicted octanol–water partition coefficient (Wildman–Crippen LogP) is 0.266. The van der Waals surface area contributed by atoms with Crippen molar-refractivity contribution in [1.29, 1.82) is 0 Å². The maximum atomic E-state index is 11.9. The monoisotopic (exact) mass is 223 g/mol. The van der Waals surface area contributed by atoms with E-state index in [0.717, 1.165) is 31.9 Å². The molecule has 5 heteroatoms. The van der Waals surface area contributed by atoms with Crippen LogP contribution in [0.1, 0.15) is 17.3 Å². The number of carbonyl (C=O) groups is 1. The highest BCUT2D eigenvalue weighted by molar-refractivity contribution is 5.78. The number of amides is 1. The smallest absolute Gasteiger partial charge is 0.230 e. The number of nitrogens with zero attached hydrogens (tertiary/aromatic N) is 2. The van der Waals surface area contributed by atoms with Crippen molar-refractivity contribution >= 4 is 5.91 Å². The van der Waals surface area contributed by atoms with Gasteiger partial charge in [0.25, 0.3) is 0 Å². The van der Waals surface area contributed by atoms with Gasteiger partial charge in [0.1, 0.15) is 5.76 Å². The summed E-state index contributed by atoms with van der Waals surface area (Å²) in [5.41, 5.74) is 0.820. The third-order valence-corrected chi connectivity index (χ3v) is 2.78. The molecule has 16 heavy (non-hydrogen) atoms. The van der Waals surface area contributed by atoms with Crippen LogP contribution in [0.15, 0.2) is 4.42 Å². The number of hydrogen-bond acceptors (Lipinski definition) is 4. The molecule has 1 N–H and O–H groups in total. The fourth-order valence-corrected chi connectivity index (χ4v) is 1.90. The highest BCUT2D eigenvalue weighted by Crippen LogP contribution is 2.11. The van der Waals surface area contributed by atoms with Crippen LogP contribution in [0.2, 0.25) is 0 Å². The number of carbonyl (C=O) groups excluding carboxylic acids is 1. The van der Waals surface area contributed by atoms with E-state index in [1.807, 2.05) is 11.8 Å². The molecule has 0 unspecified atom stereocenters. The number of oxazole rings is 1. The Morgan fingerprint density at radius 1 is 1.44 bits per heavy atom. The van der Waals surface area contributed by atoms with Crippen LogP contribution in [0.4, 0.5) is 0 Å². The third-order valence-electron chi connectivity index (χ3n) is 2.78. The number of piperazine rings is 1. The fraction of sp³-hybridized carbons (Fsp3) is 0.636. The van der Waals surface area contributed by atoms with Gasteiger partial charge in [0.05, 0.1) is 12.1 Å². The molecule has 0 saturated carbocycles. The van der Waals surface area contributed by atoms with Crippen molar-refractivity contribution < 1.29 is 9.21 Å². The average Bonchev–Trinajstić information content (AvgIpc) is 2.59. The number of nitrogens with one attached hydrogen (secondary N) is 1. The Morgan fingerprint density at radius 3 is 2.69 bits per heavy atom. The van der Waals surface area contributed by atoms with Crippen molar-refractivity contribution in [2.45, 2.75) is 20.3 Å². The van der Waals surface area contributed by atoms with Crippen LogP contribution in [-0.4, -0.2) is 42.0 Å². The minimum atomic E-state index is 0.126. The molecule has 0 aromatic carbocycles. The molecule has 5 nitrogen and oxygen atoms in total. The standard InChI is InChI=1S/C11H17N3O2/c1-8-10(16-9(2)13-8)7-11(15)14-5-3-12-4-6-14/h12H,3-7H2,1-2H3. The SMILES string of the molecule is Cc1nc(C)c(CC(=O)N2CCNCC2)o1. The molecule has 0 bridgehead atoms. The normalized spacial score (nSPS) is 16.5. The second kappa shape index (κ2) is 4.65. The Labute approximate surface area is 94.8 Å². The predicted molar refractivity (Wildman–Crippen MR) is 59.1 cm³/mol. The number of hydrogen-bond donors (Lipinski definition) is 1. The summed E-state index contributed by atoms with van der Waals surface area (Å²) in [6, 6.07) is 0. The lowest BCUT2D eigenvalue weighted by atomic mass is 10.2. The highest BCUT2D eigenvalue weighted by atomic mass is 16.4. The van der Waals surface area contributed by atoms with Gasteiger partial charge in [0.15, 0.2) is 5.89 Å². The zero-order chi connectivity index (χ0) is 11.5. The molecule has 1 saturated heterocycles. The van der Waals surface area contributed by atoms with Crippen LogP contribution in [0.25, 0.3) is 0 Å². The third kappa shape index (κ3) is 2.41. The first-order valence-corrected chi connectivity index (χ1v) is 5.58. The van der Waals surface area contributed by atoms with Gasteiger partial charge in [-0.15, -0.1) is 0 Å². The molecule has 0 aliphatic carbocycles. The first kappa shape index (κ1) is 11.1. The molecule has 0 spiro atoms. The van der Waals surface area contributed by atoms with Crippen LogP contribution in [-0.2, 0) is 11.2 Å². The van der Waals surface area contributed by atoms with Crippen molar-refractivity contribution in [2.75, 3.05) is 26.2 Å². The molecular formula is C11H17N3O2. The zero-order valence-corrected chi connectivity index (χ0v) is 9.75. The van der Waals surface area contributed by atoms with E-state index in [1.54, 1.807) is 6.92 Å². The number of aryl methyl sites for hydroxylation is 2. The van der Waals surface area contributed by atoms with E-state index < -0.39 is 0 Å². The summed E-state index contributed by atoms with van der Waals surface area (Å²) in [5.74, 6) is 1.45. The Bertz CT molecular complexity index is 381. The van der Waals surface area contributed by atoms with Crippen LogP contribution >= 0.6 is 0 Å². The molecule has 0 radical (unpaired) electrons. The molecule has 88 valence electrons. The first-order valence-electron chi connectivity index (χ1n) is 5.58. The van der Waals surface area contributed by atoms with E-state index in [9.17, 15) is 4.79 Å². The van der Waals surface area contributed by atoms with Gasteiger partial charge in [-0.1, -0.05) is 0 Å². The summed E-state index contributed by atoms with van der Waals surface area (Å²) in [6.45, 7) is 6.99.